The monoisotopic (exact) mass is 227 g/mol. The molecule has 15 heavy (non-hydrogen) atoms. The molecule has 1 amide bonds. The number of carbonyl (C=O) groups excluding carboxylic acids is 1. The molecule has 0 bridgehead atoms. The summed E-state index contributed by atoms with van der Waals surface area (Å²) < 4.78 is 0. The van der Waals surface area contributed by atoms with E-state index in [2.05, 4.69) is 13.8 Å². The van der Waals surface area contributed by atoms with E-state index >= 15 is 0 Å². The molecule has 1 N–H and O–H groups in total. The molecular formula is C10H13NO3S. The number of carboxylic acids is 1. The number of β-lactam (4-membered cyclic amide) rings is 1. The number of aliphatic carboxylic acids is 1. The molecule has 5 heteroatoms. The van der Waals surface area contributed by atoms with E-state index in [0.29, 0.717) is 12.3 Å². The van der Waals surface area contributed by atoms with Crippen LogP contribution in [0.4, 0.5) is 0 Å². The lowest BCUT2D eigenvalue weighted by Gasteiger charge is -2.45. The van der Waals surface area contributed by atoms with Crippen LogP contribution in [0, 0.1) is 5.92 Å². The summed E-state index contributed by atoms with van der Waals surface area (Å²) in [4.78, 5) is 23.6. The van der Waals surface area contributed by atoms with Crippen LogP contribution in [-0.4, -0.2) is 32.5 Å². The Balaban J connectivity index is 2.28. The van der Waals surface area contributed by atoms with Gasteiger partial charge in [0.2, 0.25) is 5.91 Å². The SMILES string of the molecule is CC(C)C1C=C(C(=O)O)N2C(=O)C[C@H]2S1. The van der Waals surface area contributed by atoms with E-state index in [1.54, 1.807) is 17.8 Å². The summed E-state index contributed by atoms with van der Waals surface area (Å²) in [7, 11) is 0. The van der Waals surface area contributed by atoms with E-state index in [0.717, 1.165) is 0 Å². The second-order valence-electron chi connectivity index (χ2n) is 4.12. The van der Waals surface area contributed by atoms with Gasteiger partial charge in [0.15, 0.2) is 0 Å². The first kappa shape index (κ1) is 10.5. The van der Waals surface area contributed by atoms with Crippen molar-refractivity contribution < 1.29 is 14.7 Å². The number of nitrogens with zero attached hydrogens (tertiary/aromatic N) is 1. The highest BCUT2D eigenvalue weighted by Gasteiger charge is 2.45. The van der Waals surface area contributed by atoms with Gasteiger partial charge in [0.25, 0.3) is 0 Å². The van der Waals surface area contributed by atoms with Gasteiger partial charge in [-0.05, 0) is 12.0 Å². The molecule has 2 rings (SSSR count). The summed E-state index contributed by atoms with van der Waals surface area (Å²) in [5.41, 5.74) is 0.161. The van der Waals surface area contributed by atoms with Crippen LogP contribution in [0.3, 0.4) is 0 Å². The Bertz CT molecular complexity index is 351. The van der Waals surface area contributed by atoms with E-state index in [4.69, 9.17) is 5.11 Å². The summed E-state index contributed by atoms with van der Waals surface area (Å²) in [6, 6.07) is 0. The quantitative estimate of drug-likeness (QED) is 0.722. The van der Waals surface area contributed by atoms with E-state index in [1.807, 2.05) is 0 Å². The molecule has 0 spiro atoms. The molecule has 0 aromatic heterocycles. The van der Waals surface area contributed by atoms with Crippen LogP contribution in [0.15, 0.2) is 11.8 Å². The van der Waals surface area contributed by atoms with Crippen molar-refractivity contribution in [3.63, 3.8) is 0 Å². The summed E-state index contributed by atoms with van der Waals surface area (Å²) in [6.45, 7) is 4.12. The largest absolute Gasteiger partial charge is 0.477 e. The maximum absolute atomic E-state index is 11.3. The molecule has 4 nitrogen and oxygen atoms in total. The molecule has 1 saturated heterocycles. The highest BCUT2D eigenvalue weighted by atomic mass is 32.2. The minimum atomic E-state index is -1.00. The molecule has 0 radical (unpaired) electrons. The zero-order valence-corrected chi connectivity index (χ0v) is 9.45. The number of carbonyl (C=O) groups is 2. The molecule has 0 aromatic rings. The summed E-state index contributed by atoms with van der Waals surface area (Å²) >= 11 is 1.68. The molecule has 1 unspecified atom stereocenters. The standard InChI is InChI=1S/C10H13NO3S/c1-5(2)7-3-6(10(13)14)11-8(12)4-9(11)15-7/h3,5,7,9H,4H2,1-2H3,(H,13,14)/t7?,9-/m1/s1. The third kappa shape index (κ3) is 1.65. The Morgan fingerprint density at radius 2 is 2.33 bits per heavy atom. The smallest absolute Gasteiger partial charge is 0.352 e. The van der Waals surface area contributed by atoms with Crippen LogP contribution in [0.1, 0.15) is 20.3 Å². The van der Waals surface area contributed by atoms with Crippen molar-refractivity contribution in [3.05, 3.63) is 11.8 Å². The maximum Gasteiger partial charge on any atom is 0.352 e. The Labute approximate surface area is 92.3 Å². The molecule has 0 saturated carbocycles. The van der Waals surface area contributed by atoms with Crippen molar-refractivity contribution in [2.24, 2.45) is 5.92 Å². The third-order valence-electron chi connectivity index (χ3n) is 2.68. The fourth-order valence-corrected chi connectivity index (χ4v) is 3.24. The molecule has 2 aliphatic heterocycles. The van der Waals surface area contributed by atoms with E-state index < -0.39 is 5.97 Å². The highest BCUT2D eigenvalue weighted by Crippen LogP contribution is 2.42. The van der Waals surface area contributed by atoms with Crippen molar-refractivity contribution in [3.8, 4) is 0 Å². The van der Waals surface area contributed by atoms with E-state index in [1.165, 1.54) is 4.90 Å². The van der Waals surface area contributed by atoms with E-state index in [9.17, 15) is 9.59 Å². The molecule has 2 heterocycles. The third-order valence-corrected chi connectivity index (χ3v) is 4.36. The van der Waals surface area contributed by atoms with Crippen molar-refractivity contribution >= 4 is 23.6 Å². The normalized spacial score (nSPS) is 29.7. The van der Waals surface area contributed by atoms with Gasteiger partial charge in [-0.15, -0.1) is 11.8 Å². The number of fused-ring (bicyclic) bond motifs is 1. The van der Waals surface area contributed by atoms with Crippen LogP contribution in [-0.2, 0) is 9.59 Å². The Morgan fingerprint density at radius 3 is 2.80 bits per heavy atom. The van der Waals surface area contributed by atoms with Gasteiger partial charge in [0.05, 0.1) is 11.8 Å². The average Bonchev–Trinajstić information content (AvgIpc) is 2.14. The Kier molecular flexibility index (Phi) is 2.50. The second kappa shape index (κ2) is 3.56. The fourth-order valence-electron chi connectivity index (χ4n) is 1.77. The number of rotatable bonds is 2. The van der Waals surface area contributed by atoms with Crippen LogP contribution < -0.4 is 0 Å². The second-order valence-corrected chi connectivity index (χ2v) is 5.48. The predicted octanol–water partition coefficient (Wildman–Crippen LogP) is 1.28. The van der Waals surface area contributed by atoms with E-state index in [-0.39, 0.29) is 22.2 Å². The molecular weight excluding hydrogens is 214 g/mol. The van der Waals surface area contributed by atoms with Gasteiger partial charge in [0.1, 0.15) is 5.70 Å². The van der Waals surface area contributed by atoms with Crippen molar-refractivity contribution in [2.45, 2.75) is 30.9 Å². The first-order valence-corrected chi connectivity index (χ1v) is 5.87. The zero-order chi connectivity index (χ0) is 11.2. The zero-order valence-electron chi connectivity index (χ0n) is 8.64. The molecule has 1 fully saturated rings. The molecule has 82 valence electrons. The number of amides is 1. The maximum atomic E-state index is 11.3. The lowest BCUT2D eigenvalue weighted by atomic mass is 10.1. The lowest BCUT2D eigenvalue weighted by molar-refractivity contribution is -0.146. The number of hydrogen-bond donors (Lipinski definition) is 1. The van der Waals surface area contributed by atoms with Gasteiger partial charge in [0, 0.05) is 5.25 Å². The van der Waals surface area contributed by atoms with Gasteiger partial charge < -0.3 is 5.11 Å². The fraction of sp³-hybridized carbons (Fsp3) is 0.600. The number of thioether (sulfide) groups is 1. The topological polar surface area (TPSA) is 57.6 Å². The first-order valence-electron chi connectivity index (χ1n) is 4.93. The molecule has 2 aliphatic rings. The molecule has 0 aromatic carbocycles. The minimum Gasteiger partial charge on any atom is -0.477 e. The van der Waals surface area contributed by atoms with Crippen molar-refractivity contribution in [1.82, 2.24) is 4.90 Å². The number of carboxylic acid groups (broad SMARTS) is 1. The lowest BCUT2D eigenvalue weighted by Crippen LogP contribution is -2.54. The number of hydrogen-bond acceptors (Lipinski definition) is 3. The van der Waals surface area contributed by atoms with Crippen LogP contribution in [0.25, 0.3) is 0 Å². The van der Waals surface area contributed by atoms with Gasteiger partial charge in [-0.2, -0.15) is 0 Å². The van der Waals surface area contributed by atoms with Crippen molar-refractivity contribution in [1.29, 1.82) is 0 Å². The van der Waals surface area contributed by atoms with Gasteiger partial charge in [-0.3, -0.25) is 9.69 Å². The predicted molar refractivity (Wildman–Crippen MR) is 57.2 cm³/mol. The van der Waals surface area contributed by atoms with Gasteiger partial charge in [-0.1, -0.05) is 13.8 Å². The molecule has 2 atom stereocenters. The van der Waals surface area contributed by atoms with Crippen LogP contribution in [0.5, 0.6) is 0 Å². The summed E-state index contributed by atoms with van der Waals surface area (Å²) in [6.07, 6.45) is 2.17. The minimum absolute atomic E-state index is 0.0426. The van der Waals surface area contributed by atoms with Crippen LogP contribution >= 0.6 is 11.8 Å². The Morgan fingerprint density at radius 1 is 1.67 bits per heavy atom. The Hall–Kier alpha value is -0.970. The van der Waals surface area contributed by atoms with Crippen LogP contribution in [0.2, 0.25) is 0 Å². The first-order chi connectivity index (χ1) is 7.00. The van der Waals surface area contributed by atoms with Gasteiger partial charge >= 0.3 is 5.97 Å². The highest BCUT2D eigenvalue weighted by molar-refractivity contribution is 8.00. The summed E-state index contributed by atoms with van der Waals surface area (Å²) in [5.74, 6) is -0.690. The average molecular weight is 227 g/mol. The molecule has 0 aliphatic carbocycles. The summed E-state index contributed by atoms with van der Waals surface area (Å²) in [5, 5.41) is 9.25. The van der Waals surface area contributed by atoms with Crippen molar-refractivity contribution in [2.75, 3.05) is 0 Å². The van der Waals surface area contributed by atoms with Gasteiger partial charge in [-0.25, -0.2) is 4.79 Å².